The molecule has 0 saturated heterocycles. The molecule has 5 rings (SSSR count). The van der Waals surface area contributed by atoms with Crippen molar-refractivity contribution >= 4 is 22.6 Å². The molecule has 0 aliphatic carbocycles. The summed E-state index contributed by atoms with van der Waals surface area (Å²) < 4.78 is 60.5. The van der Waals surface area contributed by atoms with E-state index in [0.29, 0.717) is 0 Å². The molecule has 4 aromatic rings. The van der Waals surface area contributed by atoms with Crippen molar-refractivity contribution in [2.75, 3.05) is 4.90 Å². The van der Waals surface area contributed by atoms with Gasteiger partial charge in [0.1, 0.15) is 11.4 Å². The molecule has 1 unspecified atom stereocenters. The fourth-order valence-electron chi connectivity index (χ4n) is 4.01. The highest BCUT2D eigenvalue weighted by atomic mass is 19.4. The maximum Gasteiger partial charge on any atom is 0.416 e. The van der Waals surface area contributed by atoms with E-state index in [2.05, 4.69) is 0 Å². The fraction of sp³-hybridized carbons (Fsp3) is 0.0833. The molecule has 2 heterocycles. The van der Waals surface area contributed by atoms with E-state index < -0.39 is 34.9 Å². The van der Waals surface area contributed by atoms with Crippen LogP contribution in [0.15, 0.2) is 82.0 Å². The SMILES string of the molecule is O=C1c2oc3ccccc3c(=O)c2C(c2ccccc2F)N1c1cccc(C(F)(F)F)c1. The number of para-hydroxylation sites is 1. The minimum absolute atomic E-state index is 0.0282. The molecule has 1 aliphatic rings. The van der Waals surface area contributed by atoms with Gasteiger partial charge in [-0.05, 0) is 36.4 Å². The van der Waals surface area contributed by atoms with Crippen molar-refractivity contribution in [1.29, 1.82) is 0 Å². The van der Waals surface area contributed by atoms with Gasteiger partial charge in [-0.25, -0.2) is 4.39 Å². The zero-order valence-electron chi connectivity index (χ0n) is 16.2. The summed E-state index contributed by atoms with van der Waals surface area (Å²) in [5.41, 5.74) is -1.64. The third-order valence-corrected chi connectivity index (χ3v) is 5.43. The summed E-state index contributed by atoms with van der Waals surface area (Å²) in [6.45, 7) is 0. The Kier molecular flexibility index (Phi) is 4.40. The second kappa shape index (κ2) is 7.05. The lowest BCUT2D eigenvalue weighted by atomic mass is 9.97. The lowest BCUT2D eigenvalue weighted by molar-refractivity contribution is -0.137. The smallest absolute Gasteiger partial charge is 0.416 e. The molecular formula is C24H13F4NO3. The maximum atomic E-state index is 14.8. The zero-order chi connectivity index (χ0) is 22.6. The monoisotopic (exact) mass is 439 g/mol. The summed E-state index contributed by atoms with van der Waals surface area (Å²) in [6.07, 6.45) is -4.65. The summed E-state index contributed by atoms with van der Waals surface area (Å²) in [6, 6.07) is 14.6. The highest BCUT2D eigenvalue weighted by molar-refractivity contribution is 6.10. The van der Waals surface area contributed by atoms with Crippen LogP contribution in [0, 0.1) is 5.82 Å². The standard InChI is InChI=1S/C24H13F4NO3/c25-17-10-3-1-8-15(17)20-19-21(30)16-9-2-4-11-18(16)32-22(19)23(31)29(20)14-7-5-6-13(12-14)24(26,27)28/h1-12,20H. The number of anilines is 1. The second-order valence-corrected chi connectivity index (χ2v) is 7.32. The summed E-state index contributed by atoms with van der Waals surface area (Å²) in [5, 5.41) is 0.186. The molecular weight excluding hydrogens is 426 g/mol. The van der Waals surface area contributed by atoms with Crippen LogP contribution in [0.3, 0.4) is 0 Å². The van der Waals surface area contributed by atoms with Gasteiger partial charge in [0.25, 0.3) is 5.91 Å². The van der Waals surface area contributed by atoms with Gasteiger partial charge in [0, 0.05) is 11.3 Å². The summed E-state index contributed by atoms with van der Waals surface area (Å²) in [7, 11) is 0. The van der Waals surface area contributed by atoms with Gasteiger partial charge >= 0.3 is 6.18 Å². The normalized spacial score (nSPS) is 15.9. The first-order valence-corrected chi connectivity index (χ1v) is 9.58. The average Bonchev–Trinajstić information content (AvgIpc) is 3.06. The van der Waals surface area contributed by atoms with E-state index in [1.165, 1.54) is 36.4 Å². The third kappa shape index (κ3) is 2.98. The Hall–Kier alpha value is -3.94. The van der Waals surface area contributed by atoms with Crippen LogP contribution in [-0.4, -0.2) is 5.91 Å². The number of hydrogen-bond acceptors (Lipinski definition) is 3. The Morgan fingerprint density at radius 3 is 2.34 bits per heavy atom. The molecule has 3 aromatic carbocycles. The number of alkyl halides is 3. The molecule has 1 atom stereocenters. The Balaban J connectivity index is 1.81. The van der Waals surface area contributed by atoms with Gasteiger partial charge in [-0.15, -0.1) is 0 Å². The molecule has 1 aromatic heterocycles. The molecule has 0 saturated carbocycles. The predicted octanol–water partition coefficient (Wildman–Crippen LogP) is 5.70. The van der Waals surface area contributed by atoms with Crippen molar-refractivity contribution in [3.63, 3.8) is 0 Å². The van der Waals surface area contributed by atoms with E-state index in [1.54, 1.807) is 12.1 Å². The maximum absolute atomic E-state index is 14.8. The van der Waals surface area contributed by atoms with Gasteiger partial charge in [0.15, 0.2) is 5.43 Å². The Morgan fingerprint density at radius 2 is 1.59 bits per heavy atom. The minimum Gasteiger partial charge on any atom is -0.450 e. The predicted molar refractivity (Wildman–Crippen MR) is 109 cm³/mol. The van der Waals surface area contributed by atoms with Gasteiger partial charge < -0.3 is 4.42 Å². The van der Waals surface area contributed by atoms with Gasteiger partial charge in [-0.1, -0.05) is 36.4 Å². The molecule has 0 radical (unpaired) electrons. The zero-order valence-corrected chi connectivity index (χ0v) is 16.2. The molecule has 0 fully saturated rings. The van der Waals surface area contributed by atoms with E-state index in [1.807, 2.05) is 0 Å². The van der Waals surface area contributed by atoms with Gasteiger partial charge in [-0.2, -0.15) is 13.2 Å². The third-order valence-electron chi connectivity index (χ3n) is 5.43. The molecule has 1 amide bonds. The van der Waals surface area contributed by atoms with Gasteiger partial charge in [0.05, 0.1) is 22.6 Å². The van der Waals surface area contributed by atoms with Gasteiger partial charge in [0.2, 0.25) is 5.76 Å². The van der Waals surface area contributed by atoms with Crippen LogP contribution in [-0.2, 0) is 6.18 Å². The number of carbonyl (C=O) groups excluding carboxylic acids is 1. The number of amides is 1. The molecule has 160 valence electrons. The Bertz CT molecular complexity index is 1440. The van der Waals surface area contributed by atoms with Crippen LogP contribution in [0.4, 0.5) is 23.2 Å². The fourth-order valence-corrected chi connectivity index (χ4v) is 4.01. The van der Waals surface area contributed by atoms with Crippen molar-refractivity contribution in [2.45, 2.75) is 12.2 Å². The van der Waals surface area contributed by atoms with Crippen LogP contribution in [0.25, 0.3) is 11.0 Å². The van der Waals surface area contributed by atoms with Crippen molar-refractivity contribution < 1.29 is 26.8 Å². The first-order chi connectivity index (χ1) is 15.3. The highest BCUT2D eigenvalue weighted by Gasteiger charge is 2.45. The Morgan fingerprint density at radius 1 is 0.875 bits per heavy atom. The molecule has 0 spiro atoms. The van der Waals surface area contributed by atoms with E-state index in [0.717, 1.165) is 29.2 Å². The van der Waals surface area contributed by atoms with Crippen LogP contribution in [0.2, 0.25) is 0 Å². The topological polar surface area (TPSA) is 50.5 Å². The second-order valence-electron chi connectivity index (χ2n) is 7.32. The van der Waals surface area contributed by atoms with Crippen LogP contribution in [0.5, 0.6) is 0 Å². The van der Waals surface area contributed by atoms with Crippen LogP contribution < -0.4 is 10.3 Å². The van der Waals surface area contributed by atoms with E-state index in [4.69, 9.17) is 4.42 Å². The molecule has 1 aliphatic heterocycles. The first-order valence-electron chi connectivity index (χ1n) is 9.58. The molecule has 0 bridgehead atoms. The van der Waals surface area contributed by atoms with Crippen molar-refractivity contribution in [1.82, 2.24) is 0 Å². The number of rotatable bonds is 2. The molecule has 32 heavy (non-hydrogen) atoms. The first kappa shape index (κ1) is 20.0. The highest BCUT2D eigenvalue weighted by Crippen LogP contribution is 2.43. The lowest BCUT2D eigenvalue weighted by Gasteiger charge is -2.26. The molecule has 0 N–H and O–H groups in total. The van der Waals surface area contributed by atoms with Crippen molar-refractivity contribution in [2.24, 2.45) is 0 Å². The number of nitrogens with zero attached hydrogens (tertiary/aromatic N) is 1. The number of benzene rings is 3. The summed E-state index contributed by atoms with van der Waals surface area (Å²) >= 11 is 0. The number of fused-ring (bicyclic) bond motifs is 2. The quantitative estimate of drug-likeness (QED) is 0.377. The van der Waals surface area contributed by atoms with E-state index in [-0.39, 0.29) is 33.5 Å². The van der Waals surface area contributed by atoms with E-state index in [9.17, 15) is 27.2 Å². The van der Waals surface area contributed by atoms with E-state index >= 15 is 0 Å². The summed E-state index contributed by atoms with van der Waals surface area (Å²) in [4.78, 5) is 27.6. The summed E-state index contributed by atoms with van der Waals surface area (Å²) in [5.74, 6) is -1.85. The van der Waals surface area contributed by atoms with Crippen LogP contribution in [0.1, 0.15) is 33.3 Å². The van der Waals surface area contributed by atoms with Crippen molar-refractivity contribution in [3.05, 3.63) is 111 Å². The largest absolute Gasteiger partial charge is 0.450 e. The lowest BCUT2D eigenvalue weighted by Crippen LogP contribution is -2.30. The minimum atomic E-state index is -4.65. The number of halogens is 4. The van der Waals surface area contributed by atoms with Crippen molar-refractivity contribution in [3.8, 4) is 0 Å². The average molecular weight is 439 g/mol. The molecule has 4 nitrogen and oxygen atoms in total. The Labute approximate surface area is 178 Å². The van der Waals surface area contributed by atoms with Gasteiger partial charge in [-0.3, -0.25) is 14.5 Å². The molecule has 8 heteroatoms. The van der Waals surface area contributed by atoms with Crippen LogP contribution >= 0.6 is 0 Å². The number of carbonyl (C=O) groups is 1. The number of hydrogen-bond donors (Lipinski definition) is 0.